The van der Waals surface area contributed by atoms with Crippen molar-refractivity contribution < 1.29 is 9.67 Å². The number of nitrogens with one attached hydrogen (secondary N) is 1. The van der Waals surface area contributed by atoms with E-state index in [2.05, 4.69) is 63.2 Å². The predicted octanol–water partition coefficient (Wildman–Crippen LogP) is 3.42. The number of aromatic nitrogens is 3. The van der Waals surface area contributed by atoms with Gasteiger partial charge in [-0.25, -0.2) is 9.55 Å². The lowest BCUT2D eigenvalue weighted by molar-refractivity contribution is -0.647. The summed E-state index contributed by atoms with van der Waals surface area (Å²) in [5.41, 5.74) is 4.54. The van der Waals surface area contributed by atoms with Crippen LogP contribution in [0.1, 0.15) is 13.8 Å². The summed E-state index contributed by atoms with van der Waals surface area (Å²) in [5, 5.41) is 9.53. The number of likely N-dealkylation sites (N-methyl/N-ethyl adjacent to an activating group) is 1. The molecule has 0 aliphatic carbocycles. The second-order valence-corrected chi connectivity index (χ2v) is 6.58. The molecule has 0 aliphatic rings. The summed E-state index contributed by atoms with van der Waals surface area (Å²) in [6.07, 6.45) is 2.14. The first-order valence-electron chi connectivity index (χ1n) is 9.24. The molecule has 5 nitrogen and oxygen atoms in total. The molecule has 0 bridgehead atoms. The standard InChI is InChI=1S/C21H24N4O/c1-3-23(4-2)13-14-24-19-7-5-6-8-20(19)25-15-18(22-21(24)25)16-9-11-17(26)12-10-16/h5-12,15,26H,3-4,13-14H2,1-2H3/p+1. The second kappa shape index (κ2) is 6.84. The summed E-state index contributed by atoms with van der Waals surface area (Å²) in [4.78, 5) is 6.01. The fourth-order valence-corrected chi connectivity index (χ4v) is 3.59. The maximum absolute atomic E-state index is 9.53. The van der Waals surface area contributed by atoms with Crippen LogP contribution < -0.4 is 4.57 Å². The second-order valence-electron chi connectivity index (χ2n) is 6.58. The van der Waals surface area contributed by atoms with Gasteiger partial charge in [0.15, 0.2) is 0 Å². The molecule has 5 heteroatoms. The number of fused-ring (bicyclic) bond motifs is 3. The van der Waals surface area contributed by atoms with Crippen molar-refractivity contribution >= 4 is 16.8 Å². The number of phenols is 1. The fraction of sp³-hybridized carbons (Fsp3) is 0.286. The highest BCUT2D eigenvalue weighted by Crippen LogP contribution is 2.23. The van der Waals surface area contributed by atoms with Crippen LogP contribution in [-0.2, 0) is 6.54 Å². The molecule has 134 valence electrons. The third-order valence-corrected chi connectivity index (χ3v) is 5.13. The van der Waals surface area contributed by atoms with Crippen LogP contribution in [0.3, 0.4) is 0 Å². The third-order valence-electron chi connectivity index (χ3n) is 5.13. The van der Waals surface area contributed by atoms with Gasteiger partial charge >= 0.3 is 5.78 Å². The Bertz CT molecular complexity index is 1030. The number of nitrogens with zero attached hydrogens (tertiary/aromatic N) is 3. The van der Waals surface area contributed by atoms with Crippen molar-refractivity contribution in [2.45, 2.75) is 20.4 Å². The number of aromatic hydroxyl groups is 1. The number of H-pyrrole nitrogens is 1. The molecule has 0 spiro atoms. The minimum atomic E-state index is 0.284. The van der Waals surface area contributed by atoms with E-state index in [0.29, 0.717) is 0 Å². The maximum atomic E-state index is 9.53. The van der Waals surface area contributed by atoms with Crippen LogP contribution in [0.4, 0.5) is 0 Å². The summed E-state index contributed by atoms with van der Waals surface area (Å²) in [7, 11) is 0. The van der Waals surface area contributed by atoms with Crippen molar-refractivity contribution in [2.24, 2.45) is 0 Å². The topological polar surface area (TPSA) is 47.5 Å². The van der Waals surface area contributed by atoms with Crippen molar-refractivity contribution in [2.75, 3.05) is 19.6 Å². The maximum Gasteiger partial charge on any atom is 0.368 e. The first kappa shape index (κ1) is 16.7. The van der Waals surface area contributed by atoms with Crippen molar-refractivity contribution in [3.63, 3.8) is 0 Å². The summed E-state index contributed by atoms with van der Waals surface area (Å²) >= 11 is 0. The highest BCUT2D eigenvalue weighted by molar-refractivity contribution is 5.76. The highest BCUT2D eigenvalue weighted by atomic mass is 16.3. The van der Waals surface area contributed by atoms with Crippen LogP contribution in [-0.4, -0.2) is 39.0 Å². The molecule has 2 aromatic heterocycles. The molecule has 0 amide bonds. The van der Waals surface area contributed by atoms with Crippen LogP contribution in [0.25, 0.3) is 28.1 Å². The largest absolute Gasteiger partial charge is 0.508 e. The Balaban J connectivity index is 1.81. The molecule has 0 saturated carbocycles. The predicted molar refractivity (Wildman–Crippen MR) is 104 cm³/mol. The monoisotopic (exact) mass is 349 g/mol. The van der Waals surface area contributed by atoms with Gasteiger partial charge in [-0.2, -0.15) is 4.40 Å². The number of imidazole rings is 2. The Morgan fingerprint density at radius 1 is 1.04 bits per heavy atom. The van der Waals surface area contributed by atoms with Crippen LogP contribution in [0.2, 0.25) is 0 Å². The molecule has 4 aromatic rings. The Morgan fingerprint density at radius 3 is 2.50 bits per heavy atom. The molecule has 0 unspecified atom stereocenters. The van der Waals surface area contributed by atoms with Crippen molar-refractivity contribution in [1.82, 2.24) is 14.3 Å². The Kier molecular flexibility index (Phi) is 4.39. The molecule has 0 radical (unpaired) electrons. The minimum absolute atomic E-state index is 0.284. The summed E-state index contributed by atoms with van der Waals surface area (Å²) in [6.45, 7) is 8.51. The normalized spacial score (nSPS) is 11.8. The average molecular weight is 349 g/mol. The van der Waals surface area contributed by atoms with Crippen molar-refractivity contribution in [3.8, 4) is 17.0 Å². The summed E-state index contributed by atoms with van der Waals surface area (Å²) in [6, 6.07) is 15.8. The number of aromatic amines is 1. The Morgan fingerprint density at radius 2 is 1.77 bits per heavy atom. The van der Waals surface area contributed by atoms with Gasteiger partial charge in [-0.1, -0.05) is 26.0 Å². The van der Waals surface area contributed by atoms with Gasteiger partial charge < -0.3 is 10.0 Å². The van der Waals surface area contributed by atoms with E-state index in [1.807, 2.05) is 12.1 Å². The number of para-hydroxylation sites is 2. The van der Waals surface area contributed by atoms with Gasteiger partial charge in [-0.05, 0) is 49.5 Å². The van der Waals surface area contributed by atoms with Crippen LogP contribution in [0.15, 0.2) is 54.7 Å². The lowest BCUT2D eigenvalue weighted by Gasteiger charge is -2.16. The molecule has 0 aliphatic heterocycles. The van der Waals surface area contributed by atoms with Crippen molar-refractivity contribution in [3.05, 3.63) is 54.7 Å². The van der Waals surface area contributed by atoms with Gasteiger partial charge in [0.05, 0.1) is 6.54 Å². The molecule has 26 heavy (non-hydrogen) atoms. The molecule has 2 aromatic carbocycles. The zero-order valence-corrected chi connectivity index (χ0v) is 15.3. The number of hydrogen-bond donors (Lipinski definition) is 2. The Labute approximate surface area is 153 Å². The van der Waals surface area contributed by atoms with E-state index >= 15 is 0 Å². The van der Waals surface area contributed by atoms with Gasteiger partial charge in [0.25, 0.3) is 0 Å². The molecule has 2 heterocycles. The summed E-state index contributed by atoms with van der Waals surface area (Å²) < 4.78 is 4.58. The van der Waals surface area contributed by atoms with Crippen LogP contribution in [0, 0.1) is 0 Å². The van der Waals surface area contributed by atoms with Crippen LogP contribution >= 0.6 is 0 Å². The first-order valence-corrected chi connectivity index (χ1v) is 9.24. The van der Waals surface area contributed by atoms with Crippen molar-refractivity contribution in [1.29, 1.82) is 0 Å². The smallest absolute Gasteiger partial charge is 0.368 e. The zero-order chi connectivity index (χ0) is 18.1. The number of rotatable bonds is 6. The number of phenolic OH excluding ortho intramolecular Hbond substituents is 1. The van der Waals surface area contributed by atoms with Gasteiger partial charge in [0, 0.05) is 12.1 Å². The van der Waals surface area contributed by atoms with E-state index < -0.39 is 0 Å². The molecular weight excluding hydrogens is 324 g/mol. The van der Waals surface area contributed by atoms with E-state index in [-0.39, 0.29) is 5.75 Å². The van der Waals surface area contributed by atoms with Gasteiger partial charge in [0.1, 0.15) is 28.7 Å². The Hall–Kier alpha value is -2.79. The van der Waals surface area contributed by atoms with E-state index in [9.17, 15) is 5.11 Å². The number of benzene rings is 2. The van der Waals surface area contributed by atoms with E-state index in [1.54, 1.807) is 12.1 Å². The molecule has 0 fully saturated rings. The molecular formula is C21H25N4O+. The lowest BCUT2D eigenvalue weighted by Crippen LogP contribution is -2.40. The quantitative estimate of drug-likeness (QED) is 0.524. The summed E-state index contributed by atoms with van der Waals surface area (Å²) in [5.74, 6) is 1.37. The lowest BCUT2D eigenvalue weighted by atomic mass is 10.2. The van der Waals surface area contributed by atoms with Crippen LogP contribution in [0.5, 0.6) is 5.75 Å². The van der Waals surface area contributed by atoms with E-state index in [0.717, 1.165) is 43.2 Å². The van der Waals surface area contributed by atoms with Gasteiger partial charge in [-0.3, -0.25) is 0 Å². The molecule has 2 N–H and O–H groups in total. The minimum Gasteiger partial charge on any atom is -0.508 e. The van der Waals surface area contributed by atoms with Gasteiger partial charge in [0.2, 0.25) is 0 Å². The molecule has 0 saturated heterocycles. The van der Waals surface area contributed by atoms with Gasteiger partial charge in [-0.15, -0.1) is 0 Å². The number of hydrogen-bond acceptors (Lipinski definition) is 2. The molecule has 4 rings (SSSR count). The third kappa shape index (κ3) is 2.84. The SMILES string of the molecule is CCN(CC)CC[n+]1c2ccccc2n2cc(-c3ccc(O)cc3)[nH]c21. The first-order chi connectivity index (χ1) is 12.7. The fourth-order valence-electron chi connectivity index (χ4n) is 3.59. The average Bonchev–Trinajstić information content (AvgIpc) is 3.22. The van der Waals surface area contributed by atoms with E-state index in [4.69, 9.17) is 0 Å². The van der Waals surface area contributed by atoms with E-state index in [1.165, 1.54) is 11.0 Å². The molecule has 0 atom stereocenters. The zero-order valence-electron chi connectivity index (χ0n) is 15.3. The highest BCUT2D eigenvalue weighted by Gasteiger charge is 2.21.